The van der Waals surface area contributed by atoms with Crippen molar-refractivity contribution in [2.75, 3.05) is 19.6 Å². The van der Waals surface area contributed by atoms with Gasteiger partial charge in [-0.2, -0.15) is 0 Å². The maximum absolute atomic E-state index is 12.8. The van der Waals surface area contributed by atoms with Crippen LogP contribution in [-0.4, -0.2) is 51.9 Å². The van der Waals surface area contributed by atoms with Gasteiger partial charge in [0.2, 0.25) is 0 Å². The van der Waals surface area contributed by atoms with Crippen molar-refractivity contribution < 1.29 is 9.59 Å². The highest BCUT2D eigenvalue weighted by atomic mass is 16.2. The number of hydrogen-bond acceptors (Lipinski definition) is 4. The van der Waals surface area contributed by atoms with Crippen LogP contribution in [0, 0.1) is 0 Å². The zero-order valence-electron chi connectivity index (χ0n) is 15.6. The third-order valence-electron chi connectivity index (χ3n) is 5.32. The quantitative estimate of drug-likeness (QED) is 0.830. The van der Waals surface area contributed by atoms with Gasteiger partial charge < -0.3 is 20.1 Å². The van der Waals surface area contributed by atoms with Crippen molar-refractivity contribution in [2.24, 2.45) is 7.05 Å². The number of benzene rings is 1. The lowest BCUT2D eigenvalue weighted by atomic mass is 10.0. The van der Waals surface area contributed by atoms with E-state index in [0.717, 1.165) is 37.2 Å². The molecule has 142 valence electrons. The van der Waals surface area contributed by atoms with Gasteiger partial charge in [0.15, 0.2) is 0 Å². The molecule has 0 unspecified atom stereocenters. The monoisotopic (exact) mass is 367 g/mol. The third-order valence-corrected chi connectivity index (χ3v) is 5.32. The van der Waals surface area contributed by atoms with Crippen LogP contribution in [0.3, 0.4) is 0 Å². The Balaban J connectivity index is 1.45. The molecule has 1 saturated heterocycles. The van der Waals surface area contributed by atoms with Crippen LogP contribution in [0.5, 0.6) is 0 Å². The molecule has 7 nitrogen and oxygen atoms in total. The largest absolute Gasteiger partial charge is 0.348 e. The number of aryl methyl sites for hydroxylation is 1. The van der Waals surface area contributed by atoms with E-state index in [4.69, 9.17) is 0 Å². The molecule has 2 aliphatic rings. The molecule has 7 heteroatoms. The summed E-state index contributed by atoms with van der Waals surface area (Å²) in [5.41, 5.74) is 3.06. The summed E-state index contributed by atoms with van der Waals surface area (Å²) < 4.78 is 1.90. The van der Waals surface area contributed by atoms with Gasteiger partial charge in [-0.15, -0.1) is 0 Å². The Morgan fingerprint density at radius 3 is 3.04 bits per heavy atom. The molecule has 3 heterocycles. The van der Waals surface area contributed by atoms with Gasteiger partial charge in [-0.25, -0.2) is 4.98 Å². The fourth-order valence-corrected chi connectivity index (χ4v) is 3.87. The summed E-state index contributed by atoms with van der Waals surface area (Å²) in [4.78, 5) is 31.7. The van der Waals surface area contributed by atoms with Gasteiger partial charge in [0.05, 0.1) is 12.0 Å². The van der Waals surface area contributed by atoms with Crippen LogP contribution in [0.15, 0.2) is 30.7 Å². The van der Waals surface area contributed by atoms with E-state index in [-0.39, 0.29) is 17.9 Å². The first-order chi connectivity index (χ1) is 13.1. The Kier molecular flexibility index (Phi) is 4.94. The molecule has 1 aromatic heterocycles. The van der Waals surface area contributed by atoms with Crippen LogP contribution in [0.1, 0.15) is 44.8 Å². The first-order valence-corrected chi connectivity index (χ1v) is 9.51. The highest BCUT2D eigenvalue weighted by Gasteiger charge is 2.31. The molecule has 0 spiro atoms. The van der Waals surface area contributed by atoms with Crippen LogP contribution >= 0.6 is 0 Å². The van der Waals surface area contributed by atoms with E-state index in [1.54, 1.807) is 17.3 Å². The average molecular weight is 367 g/mol. The van der Waals surface area contributed by atoms with E-state index < -0.39 is 0 Å². The standard InChI is InChI=1S/C20H25N5O2/c1-24-11-15(22-13-24)7-9-25-12-18-16(5-2-6-17(18)20(25)27)19(26)23-14-4-3-8-21-10-14/h2,5-6,11,13-14,21H,3-4,7-10,12H2,1H3,(H,23,26)/t14-/m0/s1. The number of fused-ring (bicyclic) bond motifs is 1. The molecule has 0 aliphatic carbocycles. The summed E-state index contributed by atoms with van der Waals surface area (Å²) in [5.74, 6) is -0.0881. The van der Waals surface area contributed by atoms with Crippen molar-refractivity contribution in [3.8, 4) is 0 Å². The molecule has 0 saturated carbocycles. The second kappa shape index (κ2) is 7.52. The van der Waals surface area contributed by atoms with E-state index in [2.05, 4.69) is 15.6 Å². The van der Waals surface area contributed by atoms with Crippen LogP contribution in [0.4, 0.5) is 0 Å². The number of amides is 2. The smallest absolute Gasteiger partial charge is 0.254 e. The predicted octanol–water partition coefficient (Wildman–Crippen LogP) is 1.10. The molecule has 1 aromatic carbocycles. The molecular weight excluding hydrogens is 342 g/mol. The van der Waals surface area contributed by atoms with Crippen LogP contribution in [0.25, 0.3) is 0 Å². The van der Waals surface area contributed by atoms with Gasteiger partial charge in [0.1, 0.15) is 0 Å². The number of imidazole rings is 1. The lowest BCUT2D eigenvalue weighted by Crippen LogP contribution is -2.45. The molecule has 0 radical (unpaired) electrons. The van der Waals surface area contributed by atoms with Crippen LogP contribution in [-0.2, 0) is 20.0 Å². The average Bonchev–Trinajstić information content (AvgIpc) is 3.24. The zero-order chi connectivity index (χ0) is 18.8. The Bertz CT molecular complexity index is 854. The maximum atomic E-state index is 12.8. The lowest BCUT2D eigenvalue weighted by Gasteiger charge is -2.24. The Morgan fingerprint density at radius 2 is 2.30 bits per heavy atom. The van der Waals surface area contributed by atoms with Crippen molar-refractivity contribution >= 4 is 11.8 Å². The van der Waals surface area contributed by atoms with E-state index in [9.17, 15) is 9.59 Å². The molecule has 1 fully saturated rings. The number of aromatic nitrogens is 2. The molecule has 2 aliphatic heterocycles. The van der Waals surface area contributed by atoms with Gasteiger partial charge in [-0.3, -0.25) is 9.59 Å². The highest BCUT2D eigenvalue weighted by Crippen LogP contribution is 2.26. The lowest BCUT2D eigenvalue weighted by molar-refractivity contribution is 0.0778. The first-order valence-electron chi connectivity index (χ1n) is 9.51. The molecule has 1 atom stereocenters. The van der Waals surface area contributed by atoms with Crippen LogP contribution in [0.2, 0.25) is 0 Å². The molecule has 27 heavy (non-hydrogen) atoms. The van der Waals surface area contributed by atoms with Crippen molar-refractivity contribution in [1.29, 1.82) is 0 Å². The number of rotatable bonds is 5. The Labute approximate surface area is 158 Å². The minimum Gasteiger partial charge on any atom is -0.348 e. The molecule has 4 rings (SSSR count). The van der Waals surface area contributed by atoms with Crippen molar-refractivity contribution in [3.63, 3.8) is 0 Å². The Morgan fingerprint density at radius 1 is 1.41 bits per heavy atom. The summed E-state index contributed by atoms with van der Waals surface area (Å²) in [6.07, 6.45) is 6.49. The summed E-state index contributed by atoms with van der Waals surface area (Å²) >= 11 is 0. The zero-order valence-corrected chi connectivity index (χ0v) is 15.6. The maximum Gasteiger partial charge on any atom is 0.254 e. The summed E-state index contributed by atoms with van der Waals surface area (Å²) in [7, 11) is 1.93. The van der Waals surface area contributed by atoms with E-state index in [0.29, 0.717) is 30.6 Å². The number of hydrogen-bond donors (Lipinski definition) is 2. The number of carbonyl (C=O) groups excluding carboxylic acids is 2. The molecule has 2 N–H and O–H groups in total. The minimum absolute atomic E-state index is 0.00471. The summed E-state index contributed by atoms with van der Waals surface area (Å²) in [6, 6.07) is 5.59. The van der Waals surface area contributed by atoms with Gasteiger partial charge in [-0.05, 0) is 37.1 Å². The number of nitrogens with zero attached hydrogens (tertiary/aromatic N) is 3. The Hall–Kier alpha value is -2.67. The molecular formula is C20H25N5O2. The third kappa shape index (κ3) is 3.73. The number of piperidine rings is 1. The van der Waals surface area contributed by atoms with E-state index in [1.807, 2.05) is 29.9 Å². The van der Waals surface area contributed by atoms with Gasteiger partial charge in [0, 0.05) is 56.5 Å². The van der Waals surface area contributed by atoms with Gasteiger partial charge in [-0.1, -0.05) is 6.07 Å². The number of carbonyl (C=O) groups is 2. The van der Waals surface area contributed by atoms with Crippen molar-refractivity contribution in [1.82, 2.24) is 25.1 Å². The molecule has 0 bridgehead atoms. The molecule has 2 amide bonds. The highest BCUT2D eigenvalue weighted by molar-refractivity contribution is 6.04. The second-order valence-electron chi connectivity index (χ2n) is 7.36. The SMILES string of the molecule is Cn1cnc(CCN2Cc3c(C(=O)N[C@H]4CCCNC4)cccc3C2=O)c1. The first kappa shape index (κ1) is 17.7. The van der Waals surface area contributed by atoms with Crippen LogP contribution < -0.4 is 10.6 Å². The predicted molar refractivity (Wildman–Crippen MR) is 101 cm³/mol. The van der Waals surface area contributed by atoms with Gasteiger partial charge >= 0.3 is 0 Å². The minimum atomic E-state index is -0.0834. The van der Waals surface area contributed by atoms with E-state index >= 15 is 0 Å². The van der Waals surface area contributed by atoms with Crippen molar-refractivity contribution in [3.05, 3.63) is 53.1 Å². The van der Waals surface area contributed by atoms with Gasteiger partial charge in [0.25, 0.3) is 11.8 Å². The topological polar surface area (TPSA) is 79.3 Å². The normalized spacial score (nSPS) is 19.2. The fraction of sp³-hybridized carbons (Fsp3) is 0.450. The fourth-order valence-electron chi connectivity index (χ4n) is 3.87. The number of nitrogens with one attached hydrogen (secondary N) is 2. The summed E-state index contributed by atoms with van der Waals surface area (Å²) in [6.45, 7) is 2.88. The van der Waals surface area contributed by atoms with Crippen molar-refractivity contribution in [2.45, 2.75) is 31.8 Å². The summed E-state index contributed by atoms with van der Waals surface area (Å²) in [5, 5.41) is 6.42. The molecule has 2 aromatic rings. The second-order valence-corrected chi connectivity index (χ2v) is 7.36. The van der Waals surface area contributed by atoms with E-state index in [1.165, 1.54) is 0 Å².